The van der Waals surface area contributed by atoms with Crippen LogP contribution in [0.15, 0.2) is 47.4 Å². The monoisotopic (exact) mass is 556 g/mol. The number of carbonyl (C=O) groups excluding carboxylic acids is 1. The summed E-state index contributed by atoms with van der Waals surface area (Å²) in [6.07, 6.45) is 6.23. The number of benzene rings is 2. The first-order valence-corrected chi connectivity index (χ1v) is 15.0. The van der Waals surface area contributed by atoms with E-state index in [9.17, 15) is 13.2 Å². The highest BCUT2D eigenvalue weighted by Crippen LogP contribution is 2.37. The van der Waals surface area contributed by atoms with E-state index < -0.39 is 10.0 Å². The van der Waals surface area contributed by atoms with Gasteiger partial charge in [-0.2, -0.15) is 0 Å². The summed E-state index contributed by atoms with van der Waals surface area (Å²) in [4.78, 5) is 20.0. The van der Waals surface area contributed by atoms with E-state index in [2.05, 4.69) is 26.5 Å². The maximum Gasteiger partial charge on any atom is 0.240 e. The molecule has 0 spiro atoms. The summed E-state index contributed by atoms with van der Waals surface area (Å²) >= 11 is 0. The van der Waals surface area contributed by atoms with Crippen LogP contribution in [-0.2, 0) is 10.0 Å². The average Bonchev–Trinajstić information content (AvgIpc) is 3.49. The maximum atomic E-state index is 12.9. The topological polar surface area (TPSA) is 91.4 Å². The number of hydrogen-bond donors (Lipinski definition) is 1. The minimum absolute atomic E-state index is 0.148. The van der Waals surface area contributed by atoms with Gasteiger partial charge in [0, 0.05) is 63.0 Å². The van der Waals surface area contributed by atoms with Crippen molar-refractivity contribution in [2.45, 2.75) is 24.2 Å². The number of nitrogens with one attached hydrogen (secondary N) is 1. The lowest BCUT2D eigenvalue weighted by Gasteiger charge is -2.32. The van der Waals surface area contributed by atoms with Gasteiger partial charge in [0.1, 0.15) is 11.5 Å². The van der Waals surface area contributed by atoms with Gasteiger partial charge in [-0.3, -0.25) is 4.79 Å². The lowest BCUT2D eigenvalue weighted by molar-refractivity contribution is 0.104. The highest BCUT2D eigenvalue weighted by Gasteiger charge is 2.20. The quantitative estimate of drug-likeness (QED) is 0.242. The largest absolute Gasteiger partial charge is 0.496 e. The smallest absolute Gasteiger partial charge is 0.240 e. The van der Waals surface area contributed by atoms with Crippen molar-refractivity contribution < 1.29 is 22.7 Å². The predicted molar refractivity (Wildman–Crippen MR) is 155 cm³/mol. The fraction of sp³-hybridized carbons (Fsp3) is 0.483. The number of nitrogens with zero attached hydrogens (tertiary/aromatic N) is 3. The van der Waals surface area contributed by atoms with E-state index in [4.69, 9.17) is 9.47 Å². The minimum atomic E-state index is -3.64. The molecule has 9 nitrogen and oxygen atoms in total. The van der Waals surface area contributed by atoms with Crippen LogP contribution in [0.25, 0.3) is 6.08 Å². The Labute approximate surface area is 232 Å². The van der Waals surface area contributed by atoms with Gasteiger partial charge in [0.05, 0.1) is 24.8 Å². The molecule has 2 aliphatic rings. The second kappa shape index (κ2) is 13.4. The van der Waals surface area contributed by atoms with Crippen LogP contribution in [0.2, 0.25) is 0 Å². The van der Waals surface area contributed by atoms with E-state index in [-0.39, 0.29) is 10.7 Å². The van der Waals surface area contributed by atoms with Gasteiger partial charge < -0.3 is 24.2 Å². The third-order valence-electron chi connectivity index (χ3n) is 7.38. The standard InChI is InChI=1S/C29H40N4O5S/c1-31-17-19-32(20-18-31)14-6-13-30-39(35,36)25-10-7-23(8-11-25)27(34)12-9-24-21-26(33-15-4-5-16-33)29(38-3)22-28(24)37-2/h7-12,21-22,30H,4-6,13-20H2,1-3H3/b12-9+. The third-order valence-corrected chi connectivity index (χ3v) is 8.86. The van der Waals surface area contributed by atoms with Crippen LogP contribution >= 0.6 is 0 Å². The van der Waals surface area contributed by atoms with Crippen molar-refractivity contribution in [1.82, 2.24) is 14.5 Å². The number of rotatable bonds is 12. The zero-order valence-corrected chi connectivity index (χ0v) is 24.0. The molecule has 0 aliphatic carbocycles. The Morgan fingerprint density at radius 3 is 2.26 bits per heavy atom. The molecule has 2 saturated heterocycles. The zero-order valence-electron chi connectivity index (χ0n) is 23.2. The van der Waals surface area contributed by atoms with Gasteiger partial charge in [-0.15, -0.1) is 0 Å². The first-order valence-electron chi connectivity index (χ1n) is 13.5. The second-order valence-electron chi connectivity index (χ2n) is 10.1. The summed E-state index contributed by atoms with van der Waals surface area (Å²) in [6, 6.07) is 9.87. The van der Waals surface area contributed by atoms with Crippen molar-refractivity contribution in [2.24, 2.45) is 0 Å². The normalized spacial score (nSPS) is 17.2. The molecule has 0 unspecified atom stereocenters. The number of ketones is 1. The van der Waals surface area contributed by atoms with Crippen LogP contribution in [0.3, 0.4) is 0 Å². The number of hydrogen-bond acceptors (Lipinski definition) is 8. The van der Waals surface area contributed by atoms with Crippen LogP contribution in [0.4, 0.5) is 5.69 Å². The van der Waals surface area contributed by atoms with Crippen molar-refractivity contribution in [1.29, 1.82) is 0 Å². The van der Waals surface area contributed by atoms with Gasteiger partial charge in [0.15, 0.2) is 5.78 Å². The molecule has 2 aliphatic heterocycles. The van der Waals surface area contributed by atoms with Gasteiger partial charge >= 0.3 is 0 Å². The van der Waals surface area contributed by atoms with Crippen molar-refractivity contribution in [3.63, 3.8) is 0 Å². The summed E-state index contributed by atoms with van der Waals surface area (Å²) in [5, 5.41) is 0. The Kier molecular flexibility index (Phi) is 10.0. The van der Waals surface area contributed by atoms with Crippen LogP contribution in [0.5, 0.6) is 11.5 Å². The highest BCUT2D eigenvalue weighted by atomic mass is 32.2. The average molecular weight is 557 g/mol. The van der Waals surface area contributed by atoms with Gasteiger partial charge in [0.25, 0.3) is 0 Å². The summed E-state index contributed by atoms with van der Waals surface area (Å²) in [5.41, 5.74) is 2.16. The van der Waals surface area contributed by atoms with E-state index in [1.807, 2.05) is 12.1 Å². The molecule has 212 valence electrons. The maximum absolute atomic E-state index is 12.9. The SMILES string of the molecule is COc1cc(OC)c(N2CCCC2)cc1/C=C/C(=O)c1ccc(S(=O)(=O)NCCCN2CCN(C)CC2)cc1. The first-order chi connectivity index (χ1) is 18.8. The molecule has 10 heteroatoms. The number of methoxy groups -OCH3 is 2. The number of ether oxygens (including phenoxy) is 2. The molecule has 1 N–H and O–H groups in total. The number of carbonyl (C=O) groups is 1. The van der Waals surface area contributed by atoms with Crippen molar-refractivity contribution >= 4 is 27.6 Å². The lowest BCUT2D eigenvalue weighted by Crippen LogP contribution is -2.45. The Morgan fingerprint density at radius 2 is 1.62 bits per heavy atom. The van der Waals surface area contributed by atoms with Crippen molar-refractivity contribution in [3.05, 3.63) is 53.6 Å². The molecule has 0 bridgehead atoms. The minimum Gasteiger partial charge on any atom is -0.496 e. The second-order valence-corrected chi connectivity index (χ2v) is 11.8. The molecule has 0 saturated carbocycles. The Hall–Kier alpha value is -2.92. The van der Waals surface area contributed by atoms with Gasteiger partial charge in [-0.25, -0.2) is 13.1 Å². The van der Waals surface area contributed by atoms with Crippen LogP contribution in [0, 0.1) is 0 Å². The highest BCUT2D eigenvalue weighted by molar-refractivity contribution is 7.89. The van der Waals surface area contributed by atoms with E-state index in [1.54, 1.807) is 32.4 Å². The van der Waals surface area contributed by atoms with E-state index >= 15 is 0 Å². The molecule has 39 heavy (non-hydrogen) atoms. The van der Waals surface area contributed by atoms with E-state index in [0.717, 1.165) is 82.1 Å². The van der Waals surface area contributed by atoms with Crippen LogP contribution in [0.1, 0.15) is 35.2 Å². The Morgan fingerprint density at radius 1 is 0.949 bits per heavy atom. The molecule has 2 aromatic carbocycles. The number of sulfonamides is 1. The molecule has 0 amide bonds. The number of piperazine rings is 1. The summed E-state index contributed by atoms with van der Waals surface area (Å²) in [6.45, 7) is 7.28. The number of likely N-dealkylation sites (N-methyl/N-ethyl adjacent to an activating group) is 1. The predicted octanol–water partition coefficient (Wildman–Crippen LogP) is 3.12. The fourth-order valence-corrected chi connectivity index (χ4v) is 6.04. The third kappa shape index (κ3) is 7.60. The molecule has 4 rings (SSSR count). The van der Waals surface area contributed by atoms with Crippen LogP contribution in [-0.4, -0.2) is 97.6 Å². The lowest BCUT2D eigenvalue weighted by atomic mass is 10.1. The zero-order chi connectivity index (χ0) is 27.8. The molecule has 0 aromatic heterocycles. The summed E-state index contributed by atoms with van der Waals surface area (Å²) in [5.74, 6) is 1.13. The first kappa shape index (κ1) is 29.1. The van der Waals surface area contributed by atoms with E-state index in [1.165, 1.54) is 18.2 Å². The van der Waals surface area contributed by atoms with Crippen molar-refractivity contribution in [2.75, 3.05) is 78.5 Å². The molecule has 0 atom stereocenters. The molecule has 2 heterocycles. The Balaban J connectivity index is 1.36. The Bertz CT molecular complexity index is 1250. The van der Waals surface area contributed by atoms with Gasteiger partial charge in [0.2, 0.25) is 10.0 Å². The number of anilines is 1. The molecule has 2 aromatic rings. The van der Waals surface area contributed by atoms with E-state index in [0.29, 0.717) is 17.9 Å². The van der Waals surface area contributed by atoms with Crippen molar-refractivity contribution in [3.8, 4) is 11.5 Å². The number of allylic oxidation sites excluding steroid dienone is 1. The molecule has 0 radical (unpaired) electrons. The van der Waals surface area contributed by atoms with Gasteiger partial charge in [-0.1, -0.05) is 0 Å². The molecule has 2 fully saturated rings. The van der Waals surface area contributed by atoms with Crippen LogP contribution < -0.4 is 19.1 Å². The fourth-order valence-electron chi connectivity index (χ4n) is 4.97. The van der Waals surface area contributed by atoms with Gasteiger partial charge in [-0.05, 0) is 75.3 Å². The summed E-state index contributed by atoms with van der Waals surface area (Å²) < 4.78 is 39.2. The molecular formula is C29H40N4O5S. The molecular weight excluding hydrogens is 516 g/mol. The summed E-state index contributed by atoms with van der Waals surface area (Å²) in [7, 11) is 1.70.